The van der Waals surface area contributed by atoms with Gasteiger partial charge in [-0.1, -0.05) is 6.07 Å². The molecule has 0 atom stereocenters. The quantitative estimate of drug-likeness (QED) is 0.647. The Bertz CT molecular complexity index is 372. The van der Waals surface area contributed by atoms with Crippen molar-refractivity contribution in [3.05, 3.63) is 26.6 Å². The molecule has 3 nitrogen and oxygen atoms in total. The van der Waals surface area contributed by atoms with Gasteiger partial charge < -0.3 is 10.2 Å². The van der Waals surface area contributed by atoms with Crippen LogP contribution in [0.25, 0.3) is 0 Å². The second kappa shape index (κ2) is 7.92. The molecule has 1 aromatic carbocycles. The summed E-state index contributed by atoms with van der Waals surface area (Å²) in [5.41, 5.74) is 3.84. The molecule has 0 fully saturated rings. The number of ether oxygens (including phenoxy) is 1. The molecule has 0 radical (unpaired) electrons. The highest BCUT2D eigenvalue weighted by Crippen LogP contribution is 2.34. The first kappa shape index (κ1) is 15.7. The van der Waals surface area contributed by atoms with Crippen molar-refractivity contribution in [3.63, 3.8) is 0 Å². The Morgan fingerprint density at radius 3 is 2.69 bits per heavy atom. The first-order chi connectivity index (χ1) is 7.20. The lowest BCUT2D eigenvalue weighted by molar-refractivity contribution is 0.409. The Kier molecular flexibility index (Phi) is 7.80. The summed E-state index contributed by atoms with van der Waals surface area (Å²) < 4.78 is 7.05. The number of nitrogens with zero attached hydrogens (tertiary/aromatic N) is 1. The molecular weight excluding hydrogens is 359 g/mol. The summed E-state index contributed by atoms with van der Waals surface area (Å²) in [6.45, 7) is 2.80. The van der Waals surface area contributed by atoms with Gasteiger partial charge in [-0.3, -0.25) is 0 Å². The number of hydrazone groups is 1. The van der Waals surface area contributed by atoms with E-state index in [1.807, 2.05) is 19.1 Å². The first-order valence-electron chi connectivity index (χ1n) is 4.48. The van der Waals surface area contributed by atoms with Crippen molar-refractivity contribution in [2.45, 2.75) is 6.92 Å². The first-order valence-corrected chi connectivity index (χ1v) is 6.07. The normalized spacial score (nSPS) is 10.0. The fourth-order valence-electron chi connectivity index (χ4n) is 1.04. The number of halogens is 3. The van der Waals surface area contributed by atoms with Gasteiger partial charge in [0.15, 0.2) is 0 Å². The number of hydrogen-bond donors (Lipinski definition) is 1. The number of rotatable bonds is 4. The van der Waals surface area contributed by atoms with E-state index in [1.54, 1.807) is 13.3 Å². The average molecular weight is 372 g/mol. The summed E-state index contributed by atoms with van der Waals surface area (Å²) in [6, 6.07) is 3.88. The number of methoxy groups -OCH3 is 1. The van der Waals surface area contributed by atoms with E-state index in [1.165, 1.54) is 0 Å². The van der Waals surface area contributed by atoms with E-state index in [9.17, 15) is 0 Å². The summed E-state index contributed by atoms with van der Waals surface area (Å²) in [6.07, 6.45) is 1.75. The minimum atomic E-state index is 0. The Morgan fingerprint density at radius 2 is 2.12 bits per heavy atom. The predicted octanol–water partition coefficient (Wildman–Crippen LogP) is 3.59. The van der Waals surface area contributed by atoms with Gasteiger partial charge in [0, 0.05) is 12.1 Å². The van der Waals surface area contributed by atoms with Crippen LogP contribution in [0.5, 0.6) is 5.75 Å². The monoisotopic (exact) mass is 370 g/mol. The van der Waals surface area contributed by atoms with Crippen LogP contribution in [0.2, 0.25) is 0 Å². The fraction of sp³-hybridized carbons (Fsp3) is 0.300. The molecule has 0 aromatic heterocycles. The van der Waals surface area contributed by atoms with Gasteiger partial charge in [0.25, 0.3) is 0 Å². The van der Waals surface area contributed by atoms with E-state index < -0.39 is 0 Å². The van der Waals surface area contributed by atoms with Gasteiger partial charge in [0.1, 0.15) is 5.75 Å². The smallest absolute Gasteiger partial charge is 0.147 e. The van der Waals surface area contributed by atoms with E-state index in [4.69, 9.17) is 4.74 Å². The van der Waals surface area contributed by atoms with Crippen LogP contribution >= 0.6 is 44.3 Å². The van der Waals surface area contributed by atoms with E-state index in [-0.39, 0.29) is 12.4 Å². The minimum Gasteiger partial charge on any atom is -0.494 e. The van der Waals surface area contributed by atoms with Crippen LogP contribution in [0.1, 0.15) is 12.5 Å². The maximum absolute atomic E-state index is 5.25. The molecule has 0 aliphatic rings. The third kappa shape index (κ3) is 3.96. The molecule has 16 heavy (non-hydrogen) atoms. The molecule has 1 rings (SSSR count). The van der Waals surface area contributed by atoms with Crippen molar-refractivity contribution in [1.29, 1.82) is 0 Å². The summed E-state index contributed by atoms with van der Waals surface area (Å²) in [7, 11) is 1.63. The predicted molar refractivity (Wildman–Crippen MR) is 76.9 cm³/mol. The lowest BCUT2D eigenvalue weighted by atomic mass is 10.2. The third-order valence-corrected chi connectivity index (χ3v) is 3.18. The zero-order valence-corrected chi connectivity index (χ0v) is 12.9. The lowest BCUT2D eigenvalue weighted by Gasteiger charge is -2.07. The molecule has 0 saturated heterocycles. The molecule has 0 heterocycles. The van der Waals surface area contributed by atoms with Gasteiger partial charge in [-0.2, -0.15) is 5.10 Å². The maximum Gasteiger partial charge on any atom is 0.147 e. The molecule has 0 aliphatic heterocycles. The SMILES string of the molecule is CCN/N=C/c1ccc(Br)c(OC)c1Br.Cl. The van der Waals surface area contributed by atoms with E-state index in [0.717, 1.165) is 26.8 Å². The van der Waals surface area contributed by atoms with Crippen LogP contribution in [0.3, 0.4) is 0 Å². The fourth-order valence-corrected chi connectivity index (χ4v) is 2.41. The van der Waals surface area contributed by atoms with Gasteiger partial charge >= 0.3 is 0 Å². The number of benzene rings is 1. The molecule has 90 valence electrons. The summed E-state index contributed by atoms with van der Waals surface area (Å²) in [4.78, 5) is 0. The zero-order chi connectivity index (χ0) is 11.3. The van der Waals surface area contributed by atoms with Gasteiger partial charge in [-0.25, -0.2) is 0 Å². The van der Waals surface area contributed by atoms with E-state index >= 15 is 0 Å². The molecule has 0 saturated carbocycles. The molecule has 1 N–H and O–H groups in total. The van der Waals surface area contributed by atoms with Crippen LogP contribution in [-0.4, -0.2) is 19.9 Å². The maximum atomic E-state index is 5.25. The highest BCUT2D eigenvalue weighted by Gasteiger charge is 2.08. The second-order valence-electron chi connectivity index (χ2n) is 2.75. The highest BCUT2D eigenvalue weighted by atomic mass is 79.9. The van der Waals surface area contributed by atoms with Crippen molar-refractivity contribution >= 4 is 50.5 Å². The minimum absolute atomic E-state index is 0. The molecule has 0 bridgehead atoms. The van der Waals surface area contributed by atoms with Crippen LogP contribution in [0.15, 0.2) is 26.2 Å². The van der Waals surface area contributed by atoms with Gasteiger partial charge in [0.2, 0.25) is 0 Å². The highest BCUT2D eigenvalue weighted by molar-refractivity contribution is 9.11. The summed E-state index contributed by atoms with van der Waals surface area (Å²) >= 11 is 6.88. The van der Waals surface area contributed by atoms with Crippen LogP contribution in [-0.2, 0) is 0 Å². The van der Waals surface area contributed by atoms with E-state index in [2.05, 4.69) is 42.4 Å². The zero-order valence-electron chi connectivity index (χ0n) is 8.96. The largest absolute Gasteiger partial charge is 0.494 e. The van der Waals surface area contributed by atoms with Crippen LogP contribution in [0.4, 0.5) is 0 Å². The summed E-state index contributed by atoms with van der Waals surface area (Å²) in [5.74, 6) is 0.774. The Hall–Kier alpha value is -0.260. The van der Waals surface area contributed by atoms with Crippen molar-refractivity contribution in [3.8, 4) is 5.75 Å². The van der Waals surface area contributed by atoms with E-state index in [0.29, 0.717) is 0 Å². The summed E-state index contributed by atoms with van der Waals surface area (Å²) in [5, 5.41) is 4.05. The van der Waals surface area contributed by atoms with Crippen LogP contribution < -0.4 is 10.2 Å². The van der Waals surface area contributed by atoms with Gasteiger partial charge in [-0.05, 0) is 44.8 Å². The molecule has 0 amide bonds. The Balaban J connectivity index is 0.00000225. The van der Waals surface area contributed by atoms with Gasteiger partial charge in [-0.15, -0.1) is 12.4 Å². The molecule has 0 spiro atoms. The number of nitrogens with one attached hydrogen (secondary N) is 1. The molecule has 0 aliphatic carbocycles. The standard InChI is InChI=1S/C10H12Br2N2O.ClH/c1-3-13-14-6-7-4-5-8(11)10(15-2)9(7)12;/h4-6,13H,3H2,1-2H3;1H/b14-6+;. The van der Waals surface area contributed by atoms with Gasteiger partial charge in [0.05, 0.1) is 22.3 Å². The molecule has 6 heteroatoms. The third-order valence-electron chi connectivity index (χ3n) is 1.74. The van der Waals surface area contributed by atoms with Crippen LogP contribution in [0, 0.1) is 0 Å². The average Bonchev–Trinajstić information content (AvgIpc) is 2.22. The topological polar surface area (TPSA) is 33.6 Å². The molecular formula is C10H13Br2ClN2O. The lowest BCUT2D eigenvalue weighted by Crippen LogP contribution is -2.03. The number of hydrogen-bond acceptors (Lipinski definition) is 3. The van der Waals surface area contributed by atoms with Crippen molar-refractivity contribution in [1.82, 2.24) is 5.43 Å². The Labute approximate surface area is 118 Å². The second-order valence-corrected chi connectivity index (χ2v) is 4.40. The molecule has 0 unspecified atom stereocenters. The van der Waals surface area contributed by atoms with Crippen molar-refractivity contribution in [2.75, 3.05) is 13.7 Å². The van der Waals surface area contributed by atoms with Crippen molar-refractivity contribution in [2.24, 2.45) is 5.10 Å². The molecule has 1 aromatic rings. The van der Waals surface area contributed by atoms with Crippen molar-refractivity contribution < 1.29 is 4.74 Å². The Morgan fingerprint density at radius 1 is 1.44 bits per heavy atom.